The summed E-state index contributed by atoms with van der Waals surface area (Å²) in [5.41, 5.74) is 13.7. The van der Waals surface area contributed by atoms with Crippen LogP contribution in [0, 0.1) is 0 Å². The molecule has 0 N–H and O–H groups in total. The number of furan rings is 1. The highest BCUT2D eigenvalue weighted by Gasteiger charge is 2.45. The number of fused-ring (bicyclic) bond motifs is 16. The average molecular weight is 754 g/mol. The summed E-state index contributed by atoms with van der Waals surface area (Å²) in [6.45, 7) is 11.4. The lowest BCUT2D eigenvalue weighted by Gasteiger charge is -2.32. The summed E-state index contributed by atoms with van der Waals surface area (Å²) in [5.74, 6) is 3.48. The number of hydrogen-bond acceptors (Lipinski definition) is 4. The van der Waals surface area contributed by atoms with E-state index in [1.54, 1.807) is 0 Å². The minimum Gasteiger partial charge on any atom is -0.458 e. The van der Waals surface area contributed by atoms with Crippen molar-refractivity contribution in [1.82, 2.24) is 4.57 Å². The van der Waals surface area contributed by atoms with E-state index in [1.807, 2.05) is 11.3 Å². The number of para-hydroxylation sites is 2. The third kappa shape index (κ3) is 4.03. The fraction of sp³-hybridized carbons (Fsp3) is 0.137. The Labute approximate surface area is 334 Å². The van der Waals surface area contributed by atoms with Crippen LogP contribution in [0.4, 0.5) is 0 Å². The summed E-state index contributed by atoms with van der Waals surface area (Å²) in [5, 5.41) is 5.78. The fourth-order valence-corrected chi connectivity index (χ4v) is 11.6. The van der Waals surface area contributed by atoms with Gasteiger partial charge in [0, 0.05) is 53.4 Å². The normalized spacial score (nSPS) is 14.8. The molecular formula is C51H36BNO3S. The van der Waals surface area contributed by atoms with Crippen LogP contribution in [0.3, 0.4) is 0 Å². The maximum Gasteiger partial charge on any atom is 0.274 e. The van der Waals surface area contributed by atoms with Crippen LogP contribution in [-0.4, -0.2) is 11.3 Å². The molecule has 0 unspecified atom stereocenters. The molecule has 3 aromatic heterocycles. The lowest BCUT2D eigenvalue weighted by molar-refractivity contribution is 0.468. The highest BCUT2D eigenvalue weighted by molar-refractivity contribution is 7.33. The molecule has 2 aliphatic heterocycles. The number of thiophene rings is 1. The zero-order valence-corrected chi connectivity index (χ0v) is 33.1. The highest BCUT2D eigenvalue weighted by atomic mass is 32.1. The average Bonchev–Trinajstić information content (AvgIpc) is 3.93. The van der Waals surface area contributed by atoms with Crippen molar-refractivity contribution in [1.29, 1.82) is 0 Å². The first-order valence-corrected chi connectivity index (χ1v) is 20.7. The van der Waals surface area contributed by atoms with Crippen molar-refractivity contribution in [3.63, 3.8) is 0 Å². The van der Waals surface area contributed by atoms with Crippen LogP contribution in [0.25, 0.3) is 70.6 Å². The highest BCUT2D eigenvalue weighted by Crippen LogP contribution is 2.52. The van der Waals surface area contributed by atoms with Crippen LogP contribution in [0.2, 0.25) is 0 Å². The third-order valence-corrected chi connectivity index (χ3v) is 14.3. The Morgan fingerprint density at radius 2 is 1.39 bits per heavy atom. The molecule has 0 amide bonds. The number of ether oxygens (including phenoxy) is 2. The smallest absolute Gasteiger partial charge is 0.274 e. The van der Waals surface area contributed by atoms with Crippen LogP contribution in [-0.2, 0) is 10.8 Å². The van der Waals surface area contributed by atoms with Gasteiger partial charge < -0.3 is 18.5 Å². The Morgan fingerprint density at radius 1 is 0.614 bits per heavy atom. The van der Waals surface area contributed by atoms with Crippen LogP contribution >= 0.6 is 11.3 Å². The summed E-state index contributed by atoms with van der Waals surface area (Å²) in [6.07, 6.45) is 0. The first-order valence-electron chi connectivity index (χ1n) is 19.9. The van der Waals surface area contributed by atoms with Crippen molar-refractivity contribution in [2.45, 2.75) is 45.4 Å². The predicted molar refractivity (Wildman–Crippen MR) is 237 cm³/mol. The van der Waals surface area contributed by atoms with E-state index >= 15 is 0 Å². The zero-order chi connectivity index (χ0) is 38.1. The minimum absolute atomic E-state index is 0.0127. The van der Waals surface area contributed by atoms with Gasteiger partial charge in [0.05, 0.1) is 16.7 Å². The molecule has 0 radical (unpaired) electrons. The van der Waals surface area contributed by atoms with Gasteiger partial charge in [0.2, 0.25) is 0 Å². The molecule has 4 nitrogen and oxygen atoms in total. The molecular weight excluding hydrogens is 717 g/mol. The maximum absolute atomic E-state index is 7.08. The standard InChI is InChI=1S/C51H36BNO3S/c1-50(2,3)27-21-22-43-33(23-27)47-49(57-43)52-45-40(19-12-20-41(45)56-47)54-42-26-38(48-44(46(42)52)30-15-8-11-18-39(30)55-48)53-36-17-10-7-14-29(36)32-24-35-31(25-37(32)53)28-13-6-9-16-34(28)51(35,4)5/h6-26H,1-5H3. The lowest BCUT2D eigenvalue weighted by Crippen LogP contribution is -2.56. The van der Waals surface area contributed by atoms with Gasteiger partial charge in [-0.3, -0.25) is 0 Å². The van der Waals surface area contributed by atoms with Crippen molar-refractivity contribution in [2.24, 2.45) is 0 Å². The summed E-state index contributed by atoms with van der Waals surface area (Å²) < 4.78 is 25.9. The van der Waals surface area contributed by atoms with Gasteiger partial charge >= 0.3 is 0 Å². The van der Waals surface area contributed by atoms with Crippen molar-refractivity contribution >= 4 is 87.6 Å². The number of rotatable bonds is 1. The molecule has 0 saturated heterocycles. The zero-order valence-electron chi connectivity index (χ0n) is 32.3. The Bertz CT molecular complexity index is 3450. The molecule has 3 aliphatic rings. The van der Waals surface area contributed by atoms with E-state index < -0.39 is 0 Å². The van der Waals surface area contributed by atoms with E-state index in [2.05, 4.69) is 167 Å². The van der Waals surface area contributed by atoms with E-state index in [0.717, 1.165) is 72.6 Å². The van der Waals surface area contributed by atoms with Gasteiger partial charge in [0.15, 0.2) is 5.58 Å². The molecule has 13 rings (SSSR count). The monoisotopic (exact) mass is 753 g/mol. The van der Waals surface area contributed by atoms with E-state index in [0.29, 0.717) is 0 Å². The molecule has 5 heterocycles. The summed E-state index contributed by atoms with van der Waals surface area (Å²) in [7, 11) is 0. The van der Waals surface area contributed by atoms with Crippen molar-refractivity contribution in [2.75, 3.05) is 0 Å². The predicted octanol–water partition coefficient (Wildman–Crippen LogP) is 12.2. The summed E-state index contributed by atoms with van der Waals surface area (Å²) >= 11 is 1.83. The van der Waals surface area contributed by atoms with Gasteiger partial charge in [-0.2, -0.15) is 0 Å². The molecule has 0 atom stereocenters. The van der Waals surface area contributed by atoms with Crippen LogP contribution in [0.1, 0.15) is 51.3 Å². The molecule has 57 heavy (non-hydrogen) atoms. The molecule has 0 spiro atoms. The summed E-state index contributed by atoms with van der Waals surface area (Å²) in [4.78, 5) is 0. The van der Waals surface area contributed by atoms with E-state index in [9.17, 15) is 0 Å². The van der Waals surface area contributed by atoms with Gasteiger partial charge in [0.1, 0.15) is 28.6 Å². The molecule has 7 aromatic carbocycles. The Balaban J connectivity index is 1.15. The number of nitrogens with zero attached hydrogens (tertiary/aromatic N) is 1. The number of aromatic nitrogens is 1. The Kier molecular flexibility index (Phi) is 5.92. The van der Waals surface area contributed by atoms with Crippen molar-refractivity contribution in [3.8, 4) is 39.8 Å². The first-order chi connectivity index (χ1) is 27.6. The van der Waals surface area contributed by atoms with Gasteiger partial charge in [-0.15, -0.1) is 11.3 Å². The molecule has 10 aromatic rings. The van der Waals surface area contributed by atoms with Crippen LogP contribution in [0.15, 0.2) is 132 Å². The van der Waals surface area contributed by atoms with E-state index in [4.69, 9.17) is 13.9 Å². The third-order valence-electron chi connectivity index (χ3n) is 13.1. The van der Waals surface area contributed by atoms with Crippen molar-refractivity contribution in [3.05, 3.63) is 144 Å². The second-order valence-corrected chi connectivity index (χ2v) is 18.7. The molecule has 0 saturated carbocycles. The topological polar surface area (TPSA) is 36.5 Å². The SMILES string of the molecule is CC(C)(C)c1ccc2sc3c(c2c1)Oc1cccc2c1B3c1c(cc(-n3c4ccccc4c4cc5c(cc43)-c3ccccc3C5(C)C)c3oc4ccccc4c13)O2. The largest absolute Gasteiger partial charge is 0.458 e. The Morgan fingerprint density at radius 3 is 2.25 bits per heavy atom. The molecule has 272 valence electrons. The van der Waals surface area contributed by atoms with Crippen molar-refractivity contribution < 1.29 is 13.9 Å². The second kappa shape index (κ2) is 10.6. The maximum atomic E-state index is 7.08. The van der Waals surface area contributed by atoms with E-state index in [-0.39, 0.29) is 17.5 Å². The fourth-order valence-electron chi connectivity index (χ4n) is 10.3. The molecule has 0 bridgehead atoms. The number of benzene rings is 7. The summed E-state index contributed by atoms with van der Waals surface area (Å²) in [6, 6.07) is 46.4. The lowest BCUT2D eigenvalue weighted by atomic mass is 9.37. The van der Waals surface area contributed by atoms with Gasteiger partial charge in [0.25, 0.3) is 6.71 Å². The van der Waals surface area contributed by atoms with E-state index in [1.165, 1.54) is 53.5 Å². The number of hydrogen-bond donors (Lipinski definition) is 0. The molecule has 6 heteroatoms. The van der Waals surface area contributed by atoms with Crippen LogP contribution in [0.5, 0.6) is 23.0 Å². The van der Waals surface area contributed by atoms with Crippen LogP contribution < -0.4 is 25.2 Å². The molecule has 0 fully saturated rings. The Hall–Kier alpha value is -6.24. The minimum atomic E-state index is -0.106. The molecule has 1 aliphatic carbocycles. The van der Waals surface area contributed by atoms with Gasteiger partial charge in [-0.25, -0.2) is 0 Å². The van der Waals surface area contributed by atoms with Gasteiger partial charge in [-0.1, -0.05) is 107 Å². The quantitative estimate of drug-likeness (QED) is 0.157. The van der Waals surface area contributed by atoms with Gasteiger partial charge in [-0.05, 0) is 87.2 Å². The second-order valence-electron chi connectivity index (χ2n) is 17.6. The first kappa shape index (κ1) is 31.9.